The molecule has 3 aliphatic rings. The van der Waals surface area contributed by atoms with E-state index in [4.69, 9.17) is 0 Å². The first kappa shape index (κ1) is 15.3. The van der Waals surface area contributed by atoms with Crippen LogP contribution in [0.15, 0.2) is 23.8 Å². The van der Waals surface area contributed by atoms with E-state index in [9.17, 15) is 5.11 Å². The third kappa shape index (κ3) is 2.15. The van der Waals surface area contributed by atoms with Crippen molar-refractivity contribution in [2.75, 3.05) is 6.61 Å². The molecule has 0 unspecified atom stereocenters. The second-order valence-electron chi connectivity index (χ2n) is 8.47. The summed E-state index contributed by atoms with van der Waals surface area (Å²) in [5.74, 6) is 2.31. The van der Waals surface area contributed by atoms with Gasteiger partial charge in [0.2, 0.25) is 0 Å². The van der Waals surface area contributed by atoms with Crippen LogP contribution >= 0.6 is 0 Å². The van der Waals surface area contributed by atoms with Gasteiger partial charge in [-0.1, -0.05) is 38.5 Å². The number of allylic oxidation sites excluding steroid dienone is 3. The Balaban J connectivity index is 1.96. The molecule has 1 heteroatoms. The Labute approximate surface area is 130 Å². The molecular weight excluding hydrogens is 256 g/mol. The molecule has 1 N–H and O–H groups in total. The van der Waals surface area contributed by atoms with Gasteiger partial charge in [-0.25, -0.2) is 0 Å². The zero-order valence-corrected chi connectivity index (χ0v) is 14.1. The third-order valence-corrected chi connectivity index (χ3v) is 7.59. The minimum atomic E-state index is 0.161. The summed E-state index contributed by atoms with van der Waals surface area (Å²) in [5, 5.41) is 10.0. The topological polar surface area (TPSA) is 20.2 Å². The van der Waals surface area contributed by atoms with Crippen molar-refractivity contribution in [3.05, 3.63) is 23.8 Å². The fourth-order valence-electron chi connectivity index (χ4n) is 6.39. The van der Waals surface area contributed by atoms with Gasteiger partial charge < -0.3 is 5.11 Å². The summed E-state index contributed by atoms with van der Waals surface area (Å²) in [6.45, 7) is 11.6. The molecule has 0 radical (unpaired) electrons. The van der Waals surface area contributed by atoms with Crippen LogP contribution in [-0.4, -0.2) is 11.7 Å². The van der Waals surface area contributed by atoms with Gasteiger partial charge >= 0.3 is 0 Å². The number of aliphatic hydroxyl groups is 1. The quantitative estimate of drug-likeness (QED) is 0.748. The fourth-order valence-corrected chi connectivity index (χ4v) is 6.39. The molecule has 118 valence electrons. The van der Waals surface area contributed by atoms with Crippen molar-refractivity contribution in [1.82, 2.24) is 0 Å². The molecule has 0 aromatic rings. The van der Waals surface area contributed by atoms with E-state index in [1.807, 2.05) is 0 Å². The third-order valence-electron chi connectivity index (χ3n) is 7.59. The Morgan fingerprint density at radius 2 is 2.00 bits per heavy atom. The Morgan fingerprint density at radius 3 is 2.67 bits per heavy atom. The number of fused-ring (bicyclic) bond motifs is 3. The molecule has 0 aliphatic heterocycles. The smallest absolute Gasteiger partial charge is 0.0487 e. The van der Waals surface area contributed by atoms with E-state index in [1.54, 1.807) is 5.57 Å². The zero-order chi connectivity index (χ0) is 15.3. The lowest BCUT2D eigenvalue weighted by Crippen LogP contribution is -2.54. The maximum atomic E-state index is 10.0. The van der Waals surface area contributed by atoms with Gasteiger partial charge in [0.1, 0.15) is 0 Å². The van der Waals surface area contributed by atoms with Crippen LogP contribution in [-0.2, 0) is 0 Å². The molecule has 21 heavy (non-hydrogen) atoms. The van der Waals surface area contributed by atoms with E-state index < -0.39 is 0 Å². The Bertz CT molecular complexity index is 462. The van der Waals surface area contributed by atoms with Crippen LogP contribution in [0.1, 0.15) is 65.7 Å². The number of rotatable bonds is 2. The summed E-state index contributed by atoms with van der Waals surface area (Å²) in [4.78, 5) is 0. The number of hydrogen-bond donors (Lipinski definition) is 1. The second kappa shape index (κ2) is 5.26. The average Bonchev–Trinajstić information content (AvgIpc) is 2.48. The van der Waals surface area contributed by atoms with E-state index in [0.29, 0.717) is 17.9 Å². The molecule has 1 nitrogen and oxygen atoms in total. The molecular formula is C20H32O. The van der Waals surface area contributed by atoms with E-state index >= 15 is 0 Å². The van der Waals surface area contributed by atoms with Crippen LogP contribution in [0, 0.1) is 28.6 Å². The molecule has 3 rings (SSSR count). The number of aliphatic hydroxyl groups excluding tert-OH is 1. The van der Waals surface area contributed by atoms with Crippen LogP contribution in [0.4, 0.5) is 0 Å². The van der Waals surface area contributed by atoms with Gasteiger partial charge in [0.25, 0.3) is 0 Å². The summed E-state index contributed by atoms with van der Waals surface area (Å²) in [6, 6.07) is 0. The molecule has 3 aliphatic carbocycles. The highest BCUT2D eigenvalue weighted by molar-refractivity contribution is 5.29. The first-order valence-corrected chi connectivity index (χ1v) is 8.89. The lowest BCUT2D eigenvalue weighted by atomic mass is 9.44. The van der Waals surface area contributed by atoms with Crippen LogP contribution in [0.5, 0.6) is 0 Å². The van der Waals surface area contributed by atoms with Crippen molar-refractivity contribution in [2.24, 2.45) is 28.6 Å². The number of hydrogen-bond acceptors (Lipinski definition) is 1. The van der Waals surface area contributed by atoms with Gasteiger partial charge in [0.05, 0.1) is 0 Å². The molecule has 2 saturated carbocycles. The molecule has 0 bridgehead atoms. The van der Waals surface area contributed by atoms with E-state index in [-0.39, 0.29) is 5.41 Å². The standard InChI is InChI=1S/C20H32O/c1-5-15-7-9-17-16(14(15)2)8-10-18-19(3,13-21)11-6-12-20(17,18)4/h5,16-18,21H,1,6-13H2,2-4H3/t16-,17-,18-,19-,20+/m0/s1. The predicted octanol–water partition coefficient (Wildman–Crippen LogP) is 5.11. The highest BCUT2D eigenvalue weighted by atomic mass is 16.3. The van der Waals surface area contributed by atoms with Crippen molar-refractivity contribution in [3.63, 3.8) is 0 Å². The molecule has 0 saturated heterocycles. The van der Waals surface area contributed by atoms with Gasteiger partial charge in [-0.3, -0.25) is 0 Å². The molecule has 0 aromatic heterocycles. The van der Waals surface area contributed by atoms with Crippen LogP contribution in [0.2, 0.25) is 0 Å². The monoisotopic (exact) mass is 288 g/mol. The first-order chi connectivity index (χ1) is 9.96. The molecule has 0 heterocycles. The van der Waals surface area contributed by atoms with Crippen molar-refractivity contribution in [1.29, 1.82) is 0 Å². The van der Waals surface area contributed by atoms with E-state index in [2.05, 4.69) is 33.4 Å². The first-order valence-electron chi connectivity index (χ1n) is 8.89. The molecule has 0 spiro atoms. The predicted molar refractivity (Wildman–Crippen MR) is 89.0 cm³/mol. The summed E-state index contributed by atoms with van der Waals surface area (Å²) in [6.07, 6.45) is 11.1. The van der Waals surface area contributed by atoms with E-state index in [0.717, 1.165) is 11.8 Å². The summed E-state index contributed by atoms with van der Waals surface area (Å²) >= 11 is 0. The Morgan fingerprint density at radius 1 is 1.24 bits per heavy atom. The highest BCUT2D eigenvalue weighted by Gasteiger charge is 2.56. The van der Waals surface area contributed by atoms with Crippen molar-refractivity contribution in [2.45, 2.75) is 65.7 Å². The van der Waals surface area contributed by atoms with Crippen LogP contribution in [0.25, 0.3) is 0 Å². The molecule has 0 amide bonds. The van der Waals surface area contributed by atoms with Crippen LogP contribution in [0.3, 0.4) is 0 Å². The Kier molecular flexibility index (Phi) is 3.84. The van der Waals surface area contributed by atoms with Crippen LogP contribution < -0.4 is 0 Å². The summed E-state index contributed by atoms with van der Waals surface area (Å²) in [7, 11) is 0. The van der Waals surface area contributed by atoms with Gasteiger partial charge in [-0.2, -0.15) is 0 Å². The second-order valence-corrected chi connectivity index (χ2v) is 8.47. The van der Waals surface area contributed by atoms with Crippen molar-refractivity contribution in [3.8, 4) is 0 Å². The lowest BCUT2D eigenvalue weighted by Gasteiger charge is -2.61. The minimum Gasteiger partial charge on any atom is -0.396 e. The maximum Gasteiger partial charge on any atom is 0.0487 e. The Hall–Kier alpha value is -0.560. The molecule has 5 atom stereocenters. The largest absolute Gasteiger partial charge is 0.396 e. The molecule has 2 fully saturated rings. The van der Waals surface area contributed by atoms with Gasteiger partial charge in [-0.15, -0.1) is 0 Å². The lowest BCUT2D eigenvalue weighted by molar-refractivity contribution is -0.118. The van der Waals surface area contributed by atoms with Gasteiger partial charge in [0.15, 0.2) is 0 Å². The fraction of sp³-hybridized carbons (Fsp3) is 0.800. The maximum absolute atomic E-state index is 10.0. The van der Waals surface area contributed by atoms with Crippen molar-refractivity contribution >= 4 is 0 Å². The average molecular weight is 288 g/mol. The van der Waals surface area contributed by atoms with Gasteiger partial charge in [0, 0.05) is 6.61 Å². The minimum absolute atomic E-state index is 0.161. The normalized spacial score (nSPS) is 46.8. The van der Waals surface area contributed by atoms with Crippen molar-refractivity contribution < 1.29 is 5.11 Å². The van der Waals surface area contributed by atoms with Gasteiger partial charge in [-0.05, 0) is 79.6 Å². The molecule has 0 aromatic carbocycles. The zero-order valence-electron chi connectivity index (χ0n) is 14.1. The summed E-state index contributed by atoms with van der Waals surface area (Å²) < 4.78 is 0. The van der Waals surface area contributed by atoms with E-state index in [1.165, 1.54) is 50.5 Å². The SMILES string of the molecule is C=CC1=C(C)[C@@H]2CC[C@H]3[C@](C)(CO)CCC[C@]3(C)[C@H]2CC1. The highest BCUT2D eigenvalue weighted by Crippen LogP contribution is 2.64. The summed E-state index contributed by atoms with van der Waals surface area (Å²) in [5.41, 5.74) is 3.73.